The van der Waals surface area contributed by atoms with Crippen molar-refractivity contribution in [3.63, 3.8) is 0 Å². The first kappa shape index (κ1) is 9.17. The van der Waals surface area contributed by atoms with Crippen LogP contribution in [0.2, 0.25) is 0 Å². The molecule has 0 saturated carbocycles. The van der Waals surface area contributed by atoms with Gasteiger partial charge >= 0.3 is 0 Å². The quantitative estimate of drug-likeness (QED) is 0.631. The van der Waals surface area contributed by atoms with Crippen LogP contribution in [-0.2, 0) is 0 Å². The molecule has 14 heavy (non-hydrogen) atoms. The largest absolute Gasteiger partial charge is 0.446 e. The predicted molar refractivity (Wildman–Crippen MR) is 55.2 cm³/mol. The SMILES string of the molecule is NNc1ccnc(-c2ccc(Br)o2)n1. The summed E-state index contributed by atoms with van der Waals surface area (Å²) in [5, 5.41) is 0. The van der Waals surface area contributed by atoms with Gasteiger partial charge in [-0.2, -0.15) is 0 Å². The van der Waals surface area contributed by atoms with Gasteiger partial charge in [-0.15, -0.1) is 0 Å². The fourth-order valence-electron chi connectivity index (χ4n) is 0.992. The monoisotopic (exact) mass is 254 g/mol. The fourth-order valence-corrected chi connectivity index (χ4v) is 1.30. The average Bonchev–Trinajstić information content (AvgIpc) is 2.65. The van der Waals surface area contributed by atoms with E-state index in [1.54, 1.807) is 24.4 Å². The summed E-state index contributed by atoms with van der Waals surface area (Å²) in [7, 11) is 0. The van der Waals surface area contributed by atoms with E-state index in [9.17, 15) is 0 Å². The number of hydrogen-bond acceptors (Lipinski definition) is 5. The minimum absolute atomic E-state index is 0.492. The Bertz CT molecular complexity index is 442. The molecule has 2 heterocycles. The van der Waals surface area contributed by atoms with Crippen LogP contribution in [0, 0.1) is 0 Å². The molecule has 0 aliphatic heterocycles. The molecule has 0 unspecified atom stereocenters. The van der Waals surface area contributed by atoms with Crippen molar-refractivity contribution >= 4 is 21.7 Å². The van der Waals surface area contributed by atoms with E-state index in [1.807, 2.05) is 0 Å². The lowest BCUT2D eigenvalue weighted by Gasteiger charge is -1.99. The number of hydrazine groups is 1. The number of aromatic nitrogens is 2. The van der Waals surface area contributed by atoms with Crippen molar-refractivity contribution in [1.82, 2.24) is 9.97 Å². The summed E-state index contributed by atoms with van der Waals surface area (Å²) in [6.07, 6.45) is 1.61. The minimum Gasteiger partial charge on any atom is -0.446 e. The second-order valence-electron chi connectivity index (χ2n) is 2.51. The number of anilines is 1. The van der Waals surface area contributed by atoms with Crippen LogP contribution in [0.15, 0.2) is 33.5 Å². The first-order valence-electron chi connectivity index (χ1n) is 3.85. The molecule has 5 nitrogen and oxygen atoms in total. The molecule has 0 fully saturated rings. The Morgan fingerprint density at radius 3 is 2.86 bits per heavy atom. The molecule has 0 radical (unpaired) electrons. The molecule has 0 aliphatic rings. The van der Waals surface area contributed by atoms with Crippen molar-refractivity contribution in [2.24, 2.45) is 5.84 Å². The number of nitrogens with zero attached hydrogens (tertiary/aromatic N) is 2. The Balaban J connectivity index is 2.41. The molecule has 0 amide bonds. The molecule has 3 N–H and O–H groups in total. The number of furan rings is 1. The highest BCUT2D eigenvalue weighted by Gasteiger charge is 2.06. The highest BCUT2D eigenvalue weighted by molar-refractivity contribution is 9.10. The van der Waals surface area contributed by atoms with E-state index in [-0.39, 0.29) is 0 Å². The summed E-state index contributed by atoms with van der Waals surface area (Å²) in [5.41, 5.74) is 2.44. The molecule has 2 rings (SSSR count). The summed E-state index contributed by atoms with van der Waals surface area (Å²) in [6, 6.07) is 5.22. The van der Waals surface area contributed by atoms with Gasteiger partial charge in [-0.3, -0.25) is 0 Å². The van der Waals surface area contributed by atoms with Crippen molar-refractivity contribution < 1.29 is 4.42 Å². The Hall–Kier alpha value is -1.40. The third-order valence-electron chi connectivity index (χ3n) is 1.60. The normalized spacial score (nSPS) is 10.1. The molecule has 6 heteroatoms. The summed E-state index contributed by atoms with van der Waals surface area (Å²) in [6.45, 7) is 0. The maximum absolute atomic E-state index is 5.29. The second kappa shape index (κ2) is 3.77. The van der Waals surface area contributed by atoms with Crippen LogP contribution < -0.4 is 11.3 Å². The highest BCUT2D eigenvalue weighted by Crippen LogP contribution is 2.22. The van der Waals surface area contributed by atoms with E-state index >= 15 is 0 Å². The summed E-state index contributed by atoms with van der Waals surface area (Å²) < 4.78 is 5.93. The highest BCUT2D eigenvalue weighted by atomic mass is 79.9. The first-order valence-corrected chi connectivity index (χ1v) is 4.64. The van der Waals surface area contributed by atoms with Crippen LogP contribution >= 0.6 is 15.9 Å². The van der Waals surface area contributed by atoms with Crippen molar-refractivity contribution in [2.45, 2.75) is 0 Å². The van der Waals surface area contributed by atoms with E-state index in [0.717, 1.165) is 0 Å². The van der Waals surface area contributed by atoms with E-state index in [4.69, 9.17) is 10.3 Å². The van der Waals surface area contributed by atoms with Crippen molar-refractivity contribution in [3.8, 4) is 11.6 Å². The van der Waals surface area contributed by atoms with Crippen molar-refractivity contribution in [2.75, 3.05) is 5.43 Å². The maximum Gasteiger partial charge on any atom is 0.197 e. The molecule has 72 valence electrons. The molecule has 0 atom stereocenters. The number of hydrogen-bond donors (Lipinski definition) is 2. The Labute approximate surface area is 88.4 Å². The topological polar surface area (TPSA) is 77.0 Å². The number of nitrogens with two attached hydrogens (primary N) is 1. The van der Waals surface area contributed by atoms with Gasteiger partial charge in [0.2, 0.25) is 0 Å². The van der Waals surface area contributed by atoms with Crippen LogP contribution in [0.4, 0.5) is 5.82 Å². The van der Waals surface area contributed by atoms with E-state index in [0.29, 0.717) is 22.1 Å². The molecule has 0 saturated heterocycles. The van der Waals surface area contributed by atoms with Crippen LogP contribution in [0.1, 0.15) is 0 Å². The third kappa shape index (κ3) is 1.75. The Morgan fingerprint density at radius 2 is 2.21 bits per heavy atom. The first-order chi connectivity index (χ1) is 6.79. The molecule has 2 aromatic rings. The van der Waals surface area contributed by atoms with Gasteiger partial charge in [-0.1, -0.05) is 0 Å². The van der Waals surface area contributed by atoms with E-state index in [1.165, 1.54) is 0 Å². The van der Waals surface area contributed by atoms with Crippen LogP contribution in [-0.4, -0.2) is 9.97 Å². The Morgan fingerprint density at radius 1 is 1.36 bits per heavy atom. The second-order valence-corrected chi connectivity index (χ2v) is 3.30. The molecular formula is C8H7BrN4O. The lowest BCUT2D eigenvalue weighted by molar-refractivity contribution is 0.551. The smallest absolute Gasteiger partial charge is 0.197 e. The van der Waals surface area contributed by atoms with Gasteiger partial charge in [0.15, 0.2) is 16.3 Å². The van der Waals surface area contributed by atoms with E-state index in [2.05, 4.69) is 31.3 Å². The number of nitrogens with one attached hydrogen (secondary N) is 1. The zero-order valence-electron chi connectivity index (χ0n) is 7.07. The zero-order chi connectivity index (χ0) is 9.97. The van der Waals surface area contributed by atoms with Crippen LogP contribution in [0.25, 0.3) is 11.6 Å². The van der Waals surface area contributed by atoms with Gasteiger partial charge in [0.25, 0.3) is 0 Å². The summed E-state index contributed by atoms with van der Waals surface area (Å²) >= 11 is 3.20. The molecule has 2 aromatic heterocycles. The van der Waals surface area contributed by atoms with Gasteiger partial charge in [-0.05, 0) is 28.1 Å². The van der Waals surface area contributed by atoms with Gasteiger partial charge in [0.1, 0.15) is 5.82 Å². The fraction of sp³-hybridized carbons (Fsp3) is 0. The number of nitrogen functional groups attached to an aromatic ring is 1. The lowest BCUT2D eigenvalue weighted by Crippen LogP contribution is -2.08. The van der Waals surface area contributed by atoms with Crippen LogP contribution in [0.3, 0.4) is 0 Å². The standard InChI is InChI=1S/C8H7BrN4O/c9-6-2-1-5(14-6)8-11-4-3-7(12-8)13-10/h1-4H,10H2,(H,11,12,13). The predicted octanol–water partition coefficient (Wildman–Crippen LogP) is 1.78. The van der Waals surface area contributed by atoms with Gasteiger partial charge in [0, 0.05) is 12.3 Å². The van der Waals surface area contributed by atoms with E-state index < -0.39 is 0 Å². The average molecular weight is 255 g/mol. The van der Waals surface area contributed by atoms with Gasteiger partial charge in [0.05, 0.1) is 0 Å². The number of rotatable bonds is 2. The van der Waals surface area contributed by atoms with Crippen LogP contribution in [0.5, 0.6) is 0 Å². The molecule has 0 aliphatic carbocycles. The molecule has 0 aromatic carbocycles. The zero-order valence-corrected chi connectivity index (χ0v) is 8.65. The summed E-state index contributed by atoms with van der Waals surface area (Å²) in [4.78, 5) is 8.16. The van der Waals surface area contributed by atoms with Gasteiger partial charge < -0.3 is 9.84 Å². The maximum atomic E-state index is 5.29. The minimum atomic E-state index is 0.492. The Kier molecular flexibility index (Phi) is 2.47. The van der Waals surface area contributed by atoms with Crippen molar-refractivity contribution in [3.05, 3.63) is 29.1 Å². The molecule has 0 spiro atoms. The van der Waals surface area contributed by atoms with Gasteiger partial charge in [-0.25, -0.2) is 15.8 Å². The number of halogens is 1. The lowest BCUT2D eigenvalue weighted by atomic mass is 10.4. The molecule has 0 bridgehead atoms. The summed E-state index contributed by atoms with van der Waals surface area (Å²) in [5.74, 6) is 6.85. The van der Waals surface area contributed by atoms with Crippen molar-refractivity contribution in [1.29, 1.82) is 0 Å². The third-order valence-corrected chi connectivity index (χ3v) is 2.02. The molecular weight excluding hydrogens is 248 g/mol.